The number of rotatable bonds is 1. The van der Waals surface area contributed by atoms with Crippen molar-refractivity contribution in [3.05, 3.63) is 23.7 Å². The summed E-state index contributed by atoms with van der Waals surface area (Å²) in [5.41, 5.74) is -0.883. The molecule has 3 aliphatic rings. The summed E-state index contributed by atoms with van der Waals surface area (Å²) < 4.78 is 5.39. The Morgan fingerprint density at radius 2 is 2.19 bits per heavy atom. The first-order valence-electron chi connectivity index (χ1n) is 5.67. The Labute approximate surface area is 94.1 Å². The van der Waals surface area contributed by atoms with Crippen molar-refractivity contribution in [2.24, 2.45) is 5.92 Å². The van der Waals surface area contributed by atoms with Crippen molar-refractivity contribution in [3.63, 3.8) is 0 Å². The van der Waals surface area contributed by atoms with E-state index >= 15 is 0 Å². The molecule has 0 saturated carbocycles. The third-order valence-electron chi connectivity index (χ3n) is 3.87. The SMILES string of the molecule is N#Cc1ccc(C2(O)CN3CCC2CC3)o1. The molecular formula is C12H14N2O2. The highest BCUT2D eigenvalue weighted by molar-refractivity contribution is 5.24. The van der Waals surface area contributed by atoms with Crippen LogP contribution in [0.5, 0.6) is 0 Å². The van der Waals surface area contributed by atoms with Crippen LogP contribution in [0.2, 0.25) is 0 Å². The number of nitriles is 1. The van der Waals surface area contributed by atoms with E-state index in [1.165, 1.54) is 0 Å². The van der Waals surface area contributed by atoms with Crippen molar-refractivity contribution >= 4 is 0 Å². The topological polar surface area (TPSA) is 60.4 Å². The van der Waals surface area contributed by atoms with Gasteiger partial charge in [0, 0.05) is 6.54 Å². The molecule has 1 aromatic rings. The van der Waals surface area contributed by atoms with Gasteiger partial charge in [-0.3, -0.25) is 4.90 Å². The summed E-state index contributed by atoms with van der Waals surface area (Å²) in [5.74, 6) is 1.11. The number of hydrogen-bond acceptors (Lipinski definition) is 4. The van der Waals surface area contributed by atoms with E-state index in [2.05, 4.69) is 4.90 Å². The third-order valence-corrected chi connectivity index (χ3v) is 3.87. The molecule has 3 saturated heterocycles. The van der Waals surface area contributed by atoms with Crippen molar-refractivity contribution in [1.82, 2.24) is 4.90 Å². The number of aliphatic hydroxyl groups is 1. The number of fused-ring (bicyclic) bond motifs is 3. The van der Waals surface area contributed by atoms with Crippen molar-refractivity contribution in [2.75, 3.05) is 19.6 Å². The van der Waals surface area contributed by atoms with E-state index < -0.39 is 5.60 Å². The van der Waals surface area contributed by atoms with Crippen molar-refractivity contribution in [2.45, 2.75) is 18.4 Å². The fraction of sp³-hybridized carbons (Fsp3) is 0.583. The molecule has 16 heavy (non-hydrogen) atoms. The summed E-state index contributed by atoms with van der Waals surface area (Å²) in [4.78, 5) is 2.26. The van der Waals surface area contributed by atoms with Gasteiger partial charge in [-0.1, -0.05) is 0 Å². The minimum atomic E-state index is -0.883. The minimum absolute atomic E-state index is 0.273. The summed E-state index contributed by atoms with van der Waals surface area (Å²) in [6.45, 7) is 2.77. The highest BCUT2D eigenvalue weighted by Crippen LogP contribution is 2.42. The van der Waals surface area contributed by atoms with Crippen LogP contribution >= 0.6 is 0 Å². The van der Waals surface area contributed by atoms with Gasteiger partial charge in [-0.05, 0) is 44.0 Å². The molecule has 1 atom stereocenters. The molecular weight excluding hydrogens is 204 g/mol. The average Bonchev–Trinajstić information content (AvgIpc) is 2.79. The van der Waals surface area contributed by atoms with Crippen molar-refractivity contribution < 1.29 is 9.52 Å². The van der Waals surface area contributed by atoms with Crippen molar-refractivity contribution in [1.29, 1.82) is 5.26 Å². The highest BCUT2D eigenvalue weighted by atomic mass is 16.4. The van der Waals surface area contributed by atoms with Crippen LogP contribution in [0.1, 0.15) is 24.4 Å². The Morgan fingerprint density at radius 1 is 1.44 bits per heavy atom. The van der Waals surface area contributed by atoms with E-state index in [9.17, 15) is 5.11 Å². The van der Waals surface area contributed by atoms with E-state index in [1.807, 2.05) is 6.07 Å². The van der Waals surface area contributed by atoms with Gasteiger partial charge < -0.3 is 9.52 Å². The second-order valence-corrected chi connectivity index (χ2v) is 4.75. The molecule has 2 bridgehead atoms. The first-order valence-corrected chi connectivity index (χ1v) is 5.67. The van der Waals surface area contributed by atoms with Gasteiger partial charge in [0.2, 0.25) is 5.76 Å². The molecule has 4 heteroatoms. The van der Waals surface area contributed by atoms with Gasteiger partial charge >= 0.3 is 0 Å². The maximum Gasteiger partial charge on any atom is 0.203 e. The molecule has 0 radical (unpaired) electrons. The quantitative estimate of drug-likeness (QED) is 0.765. The standard InChI is InChI=1S/C12H14N2O2/c13-7-10-1-2-11(16-10)12(15)8-14-5-3-9(12)4-6-14/h1-2,9,15H,3-6,8H2. The van der Waals surface area contributed by atoms with E-state index in [4.69, 9.17) is 9.68 Å². The molecule has 0 spiro atoms. The van der Waals surface area contributed by atoms with Crippen LogP contribution in [0.25, 0.3) is 0 Å². The van der Waals surface area contributed by atoms with Crippen LogP contribution < -0.4 is 0 Å². The Morgan fingerprint density at radius 3 is 2.69 bits per heavy atom. The van der Waals surface area contributed by atoms with E-state index in [-0.39, 0.29) is 11.7 Å². The van der Waals surface area contributed by atoms with Gasteiger partial charge in [-0.25, -0.2) is 0 Å². The number of piperidine rings is 3. The van der Waals surface area contributed by atoms with Gasteiger partial charge in [0.15, 0.2) is 0 Å². The largest absolute Gasteiger partial charge is 0.447 e. The molecule has 1 unspecified atom stereocenters. The predicted molar refractivity (Wildman–Crippen MR) is 56.5 cm³/mol. The first kappa shape index (κ1) is 9.88. The lowest BCUT2D eigenvalue weighted by Gasteiger charge is -2.49. The molecule has 0 aliphatic carbocycles. The summed E-state index contributed by atoms with van der Waals surface area (Å²) >= 11 is 0. The summed E-state index contributed by atoms with van der Waals surface area (Å²) in [5, 5.41) is 19.4. The molecule has 4 nitrogen and oxygen atoms in total. The van der Waals surface area contributed by atoms with E-state index in [0.717, 1.165) is 25.9 Å². The predicted octanol–water partition coefficient (Wildman–Crippen LogP) is 1.06. The fourth-order valence-corrected chi connectivity index (χ4v) is 2.95. The van der Waals surface area contributed by atoms with Gasteiger partial charge in [0.1, 0.15) is 17.4 Å². The normalized spacial score (nSPS) is 37.2. The van der Waals surface area contributed by atoms with Crippen molar-refractivity contribution in [3.8, 4) is 6.07 Å². The number of furan rings is 1. The first-order chi connectivity index (χ1) is 7.72. The monoisotopic (exact) mass is 218 g/mol. The molecule has 84 valence electrons. The van der Waals surface area contributed by atoms with Crippen LogP contribution in [-0.4, -0.2) is 29.6 Å². The van der Waals surface area contributed by atoms with Gasteiger partial charge in [-0.15, -0.1) is 0 Å². The lowest BCUT2D eigenvalue weighted by Crippen LogP contribution is -2.56. The highest BCUT2D eigenvalue weighted by Gasteiger charge is 2.48. The van der Waals surface area contributed by atoms with Gasteiger partial charge in [0.05, 0.1) is 0 Å². The third kappa shape index (κ3) is 1.29. The van der Waals surface area contributed by atoms with Crippen LogP contribution in [0, 0.1) is 17.2 Å². The van der Waals surface area contributed by atoms with Crippen LogP contribution in [0.4, 0.5) is 0 Å². The van der Waals surface area contributed by atoms with E-state index in [1.54, 1.807) is 12.1 Å². The Kier molecular flexibility index (Phi) is 2.06. The second kappa shape index (κ2) is 3.34. The van der Waals surface area contributed by atoms with Crippen LogP contribution in [-0.2, 0) is 5.60 Å². The molecule has 4 rings (SSSR count). The molecule has 1 N–H and O–H groups in total. The Bertz CT molecular complexity index is 440. The molecule has 1 aromatic heterocycles. The summed E-state index contributed by atoms with van der Waals surface area (Å²) in [6.07, 6.45) is 2.03. The molecule has 0 aromatic carbocycles. The fourth-order valence-electron chi connectivity index (χ4n) is 2.95. The molecule has 0 amide bonds. The minimum Gasteiger partial charge on any atom is -0.447 e. The smallest absolute Gasteiger partial charge is 0.203 e. The van der Waals surface area contributed by atoms with Gasteiger partial charge in [0.25, 0.3) is 0 Å². The summed E-state index contributed by atoms with van der Waals surface area (Å²) in [7, 11) is 0. The Hall–Kier alpha value is -1.31. The van der Waals surface area contributed by atoms with Crippen LogP contribution in [0.3, 0.4) is 0 Å². The zero-order chi connectivity index (χ0) is 11.2. The number of nitrogens with zero attached hydrogens (tertiary/aromatic N) is 2. The molecule has 3 aliphatic heterocycles. The van der Waals surface area contributed by atoms with Crippen LogP contribution in [0.15, 0.2) is 16.5 Å². The zero-order valence-corrected chi connectivity index (χ0v) is 9.02. The maximum absolute atomic E-state index is 10.7. The maximum atomic E-state index is 10.7. The van der Waals surface area contributed by atoms with E-state index in [0.29, 0.717) is 12.3 Å². The molecule has 4 heterocycles. The number of hydrogen-bond donors (Lipinski definition) is 1. The second-order valence-electron chi connectivity index (χ2n) is 4.75. The average molecular weight is 218 g/mol. The summed E-state index contributed by atoms with van der Waals surface area (Å²) in [6, 6.07) is 5.32. The lowest BCUT2D eigenvalue weighted by atomic mass is 9.74. The molecule has 3 fully saturated rings. The Balaban J connectivity index is 1.96. The van der Waals surface area contributed by atoms with Gasteiger partial charge in [-0.2, -0.15) is 5.26 Å². The zero-order valence-electron chi connectivity index (χ0n) is 9.02. The lowest BCUT2D eigenvalue weighted by molar-refractivity contribution is -0.129.